The van der Waals surface area contributed by atoms with E-state index in [2.05, 4.69) is 0 Å². The van der Waals surface area contributed by atoms with Crippen LogP contribution in [0.4, 0.5) is 0 Å². The third kappa shape index (κ3) is 5.04. The van der Waals surface area contributed by atoms with Gasteiger partial charge in [-0.2, -0.15) is 0 Å². The quantitative estimate of drug-likeness (QED) is 0.681. The fraction of sp³-hybridized carbons (Fsp3) is 0.636. The van der Waals surface area contributed by atoms with Gasteiger partial charge in [0, 0.05) is 30.9 Å². The first kappa shape index (κ1) is 16.8. The highest BCUT2D eigenvalue weighted by molar-refractivity contribution is 8.14. The van der Waals surface area contributed by atoms with Crippen LogP contribution in [0.3, 0.4) is 0 Å². The molecule has 9 heteroatoms. The highest BCUT2D eigenvalue weighted by atomic mass is 32.2. The summed E-state index contributed by atoms with van der Waals surface area (Å²) in [5.41, 5.74) is 0. The molecule has 0 saturated carbocycles. The van der Waals surface area contributed by atoms with E-state index in [1.807, 2.05) is 0 Å². The van der Waals surface area contributed by atoms with Gasteiger partial charge in [-0.1, -0.05) is 11.8 Å². The van der Waals surface area contributed by atoms with Crippen LogP contribution in [-0.2, 0) is 19.2 Å². The number of amides is 1. The van der Waals surface area contributed by atoms with Crippen molar-refractivity contribution in [1.29, 1.82) is 0 Å². The van der Waals surface area contributed by atoms with Crippen LogP contribution in [0, 0.1) is 0 Å². The van der Waals surface area contributed by atoms with Gasteiger partial charge in [-0.25, -0.2) is 4.79 Å². The lowest BCUT2D eigenvalue weighted by Gasteiger charge is -2.24. The van der Waals surface area contributed by atoms with E-state index in [9.17, 15) is 19.2 Å². The monoisotopic (exact) mass is 321 g/mol. The largest absolute Gasteiger partial charge is 0.481 e. The van der Waals surface area contributed by atoms with Crippen LogP contribution in [0.2, 0.25) is 0 Å². The maximum absolute atomic E-state index is 11.8. The molecule has 20 heavy (non-hydrogen) atoms. The molecule has 112 valence electrons. The Morgan fingerprint density at radius 2 is 2.05 bits per heavy atom. The molecule has 0 aromatic rings. The third-order valence-corrected chi connectivity index (χ3v) is 4.60. The molecule has 0 bridgehead atoms. The summed E-state index contributed by atoms with van der Waals surface area (Å²) in [6.45, 7) is 1.60. The number of hydrogen-bond donors (Lipinski definition) is 2. The molecular formula is C11H15NO6S2. The minimum Gasteiger partial charge on any atom is -0.481 e. The van der Waals surface area contributed by atoms with Crippen LogP contribution >= 0.6 is 23.5 Å². The Hall–Kier alpha value is -1.22. The molecule has 1 saturated heterocycles. The molecule has 0 spiro atoms. The van der Waals surface area contributed by atoms with Crippen LogP contribution in [0.15, 0.2) is 0 Å². The van der Waals surface area contributed by atoms with E-state index in [0.29, 0.717) is 0 Å². The summed E-state index contributed by atoms with van der Waals surface area (Å²) in [7, 11) is 0. The second kappa shape index (κ2) is 7.53. The minimum absolute atomic E-state index is 0.0187. The molecule has 1 fully saturated rings. The van der Waals surface area contributed by atoms with Crippen LogP contribution in [0.5, 0.6) is 0 Å². The molecule has 1 amide bonds. The summed E-state index contributed by atoms with van der Waals surface area (Å²) in [6.07, 6.45) is 0.137. The van der Waals surface area contributed by atoms with E-state index in [4.69, 9.17) is 10.2 Å². The standard InChI is InChI=1S/C11H15NO6S2/c1-6(13)20-7-2-9(14)12(3-7)8(11(17)18)4-19-5-10(15)16/h7-8H,2-5H2,1H3,(H,15,16)(H,17,18)/t7?,8-/m0/s1. The summed E-state index contributed by atoms with van der Waals surface area (Å²) < 4.78 is 0. The topological polar surface area (TPSA) is 112 Å². The Balaban J connectivity index is 2.62. The van der Waals surface area contributed by atoms with E-state index in [1.165, 1.54) is 11.8 Å². The number of carbonyl (C=O) groups excluding carboxylic acids is 2. The summed E-state index contributed by atoms with van der Waals surface area (Å²) >= 11 is 1.99. The summed E-state index contributed by atoms with van der Waals surface area (Å²) in [5, 5.41) is 17.3. The molecule has 1 heterocycles. The van der Waals surface area contributed by atoms with Crippen molar-refractivity contribution in [2.45, 2.75) is 24.6 Å². The van der Waals surface area contributed by atoms with Crippen LogP contribution in [-0.4, -0.2) is 67.4 Å². The van der Waals surface area contributed by atoms with Gasteiger partial charge in [-0.05, 0) is 0 Å². The van der Waals surface area contributed by atoms with Crippen molar-refractivity contribution < 1.29 is 29.4 Å². The number of hydrogen-bond acceptors (Lipinski definition) is 6. The van der Waals surface area contributed by atoms with Gasteiger partial charge in [0.15, 0.2) is 5.12 Å². The predicted octanol–water partition coefficient (Wildman–Crippen LogP) is 0.138. The maximum Gasteiger partial charge on any atom is 0.327 e. The number of nitrogens with zero attached hydrogens (tertiary/aromatic N) is 1. The molecule has 1 unspecified atom stereocenters. The molecule has 2 atom stereocenters. The van der Waals surface area contributed by atoms with E-state index in [0.717, 1.165) is 23.5 Å². The number of carbonyl (C=O) groups is 4. The van der Waals surface area contributed by atoms with E-state index in [-0.39, 0.29) is 40.7 Å². The Kier molecular flexibility index (Phi) is 6.34. The molecule has 0 aromatic carbocycles. The fourth-order valence-electron chi connectivity index (χ4n) is 1.86. The fourth-order valence-corrected chi connectivity index (χ4v) is 3.63. The molecule has 0 aromatic heterocycles. The zero-order valence-electron chi connectivity index (χ0n) is 10.8. The second-order valence-electron chi connectivity index (χ2n) is 4.24. The van der Waals surface area contributed by atoms with Gasteiger partial charge >= 0.3 is 11.9 Å². The first-order valence-corrected chi connectivity index (χ1v) is 7.83. The molecule has 2 N–H and O–H groups in total. The van der Waals surface area contributed by atoms with Crippen molar-refractivity contribution in [3.05, 3.63) is 0 Å². The van der Waals surface area contributed by atoms with Crippen molar-refractivity contribution >= 4 is 46.5 Å². The minimum atomic E-state index is -1.16. The van der Waals surface area contributed by atoms with Gasteiger partial charge in [-0.3, -0.25) is 14.4 Å². The van der Waals surface area contributed by atoms with Gasteiger partial charge in [0.25, 0.3) is 0 Å². The van der Waals surface area contributed by atoms with Crippen LogP contribution < -0.4 is 0 Å². The zero-order chi connectivity index (χ0) is 15.3. The number of aliphatic carboxylic acids is 2. The average molecular weight is 321 g/mol. The molecular weight excluding hydrogens is 306 g/mol. The smallest absolute Gasteiger partial charge is 0.327 e. The summed E-state index contributed by atoms with van der Waals surface area (Å²) in [5.74, 6) is -2.70. The molecule has 0 aliphatic carbocycles. The lowest BCUT2D eigenvalue weighted by molar-refractivity contribution is -0.147. The Morgan fingerprint density at radius 1 is 1.40 bits per heavy atom. The van der Waals surface area contributed by atoms with Crippen molar-refractivity contribution in [1.82, 2.24) is 4.90 Å². The molecule has 0 radical (unpaired) electrons. The highest BCUT2D eigenvalue weighted by Crippen LogP contribution is 2.26. The summed E-state index contributed by atoms with van der Waals surface area (Å²) in [6, 6.07) is -1.05. The average Bonchev–Trinajstić information content (AvgIpc) is 2.63. The van der Waals surface area contributed by atoms with Crippen LogP contribution in [0.1, 0.15) is 13.3 Å². The van der Waals surface area contributed by atoms with E-state index in [1.54, 1.807) is 0 Å². The number of carboxylic acid groups (broad SMARTS) is 2. The molecule has 1 rings (SSSR count). The van der Waals surface area contributed by atoms with Gasteiger partial charge in [0.05, 0.1) is 5.75 Å². The molecule has 7 nitrogen and oxygen atoms in total. The van der Waals surface area contributed by atoms with Gasteiger partial charge in [-0.15, -0.1) is 11.8 Å². The molecule has 1 aliphatic rings. The first-order chi connectivity index (χ1) is 9.31. The second-order valence-corrected chi connectivity index (χ2v) is 6.75. The highest BCUT2D eigenvalue weighted by Gasteiger charge is 2.38. The SMILES string of the molecule is CC(=O)SC1CC(=O)N([C@@H](CSCC(=O)O)C(=O)O)C1. The predicted molar refractivity (Wildman–Crippen MR) is 74.8 cm³/mol. The van der Waals surface area contributed by atoms with Crippen molar-refractivity contribution in [3.8, 4) is 0 Å². The molecule has 1 aliphatic heterocycles. The Morgan fingerprint density at radius 3 is 2.55 bits per heavy atom. The summed E-state index contributed by atoms with van der Waals surface area (Å²) in [4.78, 5) is 45.7. The Labute approximate surface area is 124 Å². The number of carboxylic acids is 2. The first-order valence-electron chi connectivity index (χ1n) is 5.80. The Bertz CT molecular complexity index is 427. The van der Waals surface area contributed by atoms with Crippen LogP contribution in [0.25, 0.3) is 0 Å². The zero-order valence-corrected chi connectivity index (χ0v) is 12.4. The van der Waals surface area contributed by atoms with Crippen molar-refractivity contribution in [2.75, 3.05) is 18.1 Å². The normalized spacial score (nSPS) is 19.9. The third-order valence-electron chi connectivity index (χ3n) is 2.62. The van der Waals surface area contributed by atoms with Crippen molar-refractivity contribution in [3.63, 3.8) is 0 Å². The maximum atomic E-state index is 11.8. The lowest BCUT2D eigenvalue weighted by Crippen LogP contribution is -2.44. The number of thioether (sulfide) groups is 2. The van der Waals surface area contributed by atoms with Gasteiger partial charge in [0.2, 0.25) is 5.91 Å². The van der Waals surface area contributed by atoms with Gasteiger partial charge in [0.1, 0.15) is 6.04 Å². The number of likely N-dealkylation sites (tertiary alicyclic amines) is 1. The van der Waals surface area contributed by atoms with Gasteiger partial charge < -0.3 is 15.1 Å². The van der Waals surface area contributed by atoms with Crippen molar-refractivity contribution in [2.24, 2.45) is 0 Å². The van der Waals surface area contributed by atoms with E-state index >= 15 is 0 Å². The number of rotatable bonds is 7. The van der Waals surface area contributed by atoms with E-state index < -0.39 is 18.0 Å². The lowest BCUT2D eigenvalue weighted by atomic mass is 10.3.